The highest BCUT2D eigenvalue weighted by molar-refractivity contribution is 6.07. The molecule has 1 amide bonds. The second kappa shape index (κ2) is 8.35. The lowest BCUT2D eigenvalue weighted by atomic mass is 10.1. The van der Waals surface area contributed by atoms with E-state index in [0.717, 1.165) is 36.6 Å². The summed E-state index contributed by atoms with van der Waals surface area (Å²) in [5, 5.41) is 3.31. The van der Waals surface area contributed by atoms with Gasteiger partial charge in [-0.2, -0.15) is 0 Å². The van der Waals surface area contributed by atoms with E-state index in [1.807, 2.05) is 53.4 Å². The quantitative estimate of drug-likeness (QED) is 0.684. The minimum absolute atomic E-state index is 0.00196. The zero-order valence-electron chi connectivity index (χ0n) is 16.8. The molecule has 1 N–H and O–H groups in total. The number of rotatable bonds is 6. The molecule has 1 unspecified atom stereocenters. The fraction of sp³-hybridized carbons (Fsp3) is 0.250. The van der Waals surface area contributed by atoms with Gasteiger partial charge < -0.3 is 15.0 Å². The van der Waals surface area contributed by atoms with Crippen molar-refractivity contribution in [1.82, 2.24) is 4.98 Å². The first kappa shape index (κ1) is 19.0. The van der Waals surface area contributed by atoms with E-state index in [1.165, 1.54) is 11.1 Å². The monoisotopic (exact) mass is 387 g/mol. The Morgan fingerprint density at radius 3 is 2.83 bits per heavy atom. The Hall–Kier alpha value is -3.34. The molecule has 0 aliphatic carbocycles. The minimum atomic E-state index is -0.00196. The molecule has 29 heavy (non-hydrogen) atoms. The van der Waals surface area contributed by atoms with E-state index in [4.69, 9.17) is 4.74 Å². The van der Waals surface area contributed by atoms with Gasteiger partial charge in [0.15, 0.2) is 0 Å². The second-order valence-corrected chi connectivity index (χ2v) is 7.32. The number of amides is 1. The molecule has 3 aromatic rings. The summed E-state index contributed by atoms with van der Waals surface area (Å²) >= 11 is 0. The Bertz CT molecular complexity index is 1000. The number of benzene rings is 2. The molecule has 148 valence electrons. The highest BCUT2D eigenvalue weighted by atomic mass is 16.5. The number of carbonyl (C=O) groups is 1. The normalized spacial score (nSPS) is 15.1. The fourth-order valence-electron chi connectivity index (χ4n) is 3.80. The Balaban J connectivity index is 1.38. The smallest absolute Gasteiger partial charge is 0.260 e. The number of pyridine rings is 1. The molecule has 0 fully saturated rings. The third kappa shape index (κ3) is 4.09. The Morgan fingerprint density at radius 1 is 1.17 bits per heavy atom. The lowest BCUT2D eigenvalue weighted by molar-refractivity contribution is 0.0981. The van der Waals surface area contributed by atoms with E-state index >= 15 is 0 Å². The van der Waals surface area contributed by atoms with Crippen molar-refractivity contribution in [2.45, 2.75) is 25.8 Å². The van der Waals surface area contributed by atoms with Crippen LogP contribution in [0, 0.1) is 0 Å². The van der Waals surface area contributed by atoms with Crippen molar-refractivity contribution in [2.75, 3.05) is 23.9 Å². The van der Waals surface area contributed by atoms with Crippen LogP contribution in [-0.4, -0.2) is 30.6 Å². The van der Waals surface area contributed by atoms with Crippen molar-refractivity contribution in [3.8, 4) is 5.75 Å². The van der Waals surface area contributed by atoms with Gasteiger partial charge in [0, 0.05) is 24.5 Å². The molecule has 0 saturated heterocycles. The first-order chi connectivity index (χ1) is 14.2. The van der Waals surface area contributed by atoms with E-state index in [1.54, 1.807) is 13.3 Å². The number of methoxy groups -OCH3 is 1. The number of hydrogen-bond acceptors (Lipinski definition) is 4. The molecule has 0 spiro atoms. The molecule has 1 aliphatic heterocycles. The van der Waals surface area contributed by atoms with Gasteiger partial charge in [0.2, 0.25) is 0 Å². The van der Waals surface area contributed by atoms with Gasteiger partial charge in [-0.1, -0.05) is 30.3 Å². The topological polar surface area (TPSA) is 54.5 Å². The third-order valence-electron chi connectivity index (χ3n) is 5.29. The standard InChI is InChI=1S/C24H25N3O2/c1-17-14-19-7-3-4-9-22(19)27(17)24(28)20-10-11-23(26-16-20)25-13-12-18-6-5-8-21(15-18)29-2/h3-11,15-17H,12-14H2,1-2H3,(H,25,26). The van der Waals surface area contributed by atoms with Crippen LogP contribution in [0.3, 0.4) is 0 Å². The maximum Gasteiger partial charge on any atom is 0.260 e. The number of anilines is 2. The summed E-state index contributed by atoms with van der Waals surface area (Å²) in [4.78, 5) is 19.4. The zero-order valence-corrected chi connectivity index (χ0v) is 16.8. The van der Waals surface area contributed by atoms with Crippen LogP contribution >= 0.6 is 0 Å². The predicted molar refractivity (Wildman–Crippen MR) is 116 cm³/mol. The lowest BCUT2D eigenvalue weighted by Gasteiger charge is -2.22. The molecular formula is C24H25N3O2. The average molecular weight is 387 g/mol. The van der Waals surface area contributed by atoms with Crippen LogP contribution in [0.2, 0.25) is 0 Å². The number of hydrogen-bond donors (Lipinski definition) is 1. The van der Waals surface area contributed by atoms with Crippen LogP contribution in [0.4, 0.5) is 11.5 Å². The van der Waals surface area contributed by atoms with Crippen molar-refractivity contribution >= 4 is 17.4 Å². The van der Waals surface area contributed by atoms with Crippen LogP contribution in [0.15, 0.2) is 66.9 Å². The molecule has 1 atom stereocenters. The van der Waals surface area contributed by atoms with Crippen molar-refractivity contribution in [3.63, 3.8) is 0 Å². The van der Waals surface area contributed by atoms with Crippen LogP contribution in [0.5, 0.6) is 5.75 Å². The predicted octanol–water partition coefficient (Wildman–Crippen LogP) is 4.34. The van der Waals surface area contributed by atoms with Crippen LogP contribution in [-0.2, 0) is 12.8 Å². The Labute approximate surface area is 171 Å². The Morgan fingerprint density at radius 2 is 2.03 bits per heavy atom. The maximum absolute atomic E-state index is 13.0. The van der Waals surface area contributed by atoms with Crippen molar-refractivity contribution in [2.24, 2.45) is 0 Å². The van der Waals surface area contributed by atoms with Gasteiger partial charge in [0.1, 0.15) is 11.6 Å². The number of aromatic nitrogens is 1. The number of fused-ring (bicyclic) bond motifs is 1. The molecule has 5 nitrogen and oxygen atoms in total. The summed E-state index contributed by atoms with van der Waals surface area (Å²) in [5.41, 5.74) is 4.03. The van der Waals surface area contributed by atoms with E-state index < -0.39 is 0 Å². The number of para-hydroxylation sites is 1. The van der Waals surface area contributed by atoms with E-state index in [0.29, 0.717) is 5.56 Å². The van der Waals surface area contributed by atoms with Gasteiger partial charge in [-0.3, -0.25) is 4.79 Å². The Kier molecular flexibility index (Phi) is 5.47. The molecule has 0 radical (unpaired) electrons. The highest BCUT2D eigenvalue weighted by Gasteiger charge is 2.31. The number of ether oxygens (including phenoxy) is 1. The highest BCUT2D eigenvalue weighted by Crippen LogP contribution is 2.33. The van der Waals surface area contributed by atoms with Gasteiger partial charge in [-0.05, 0) is 61.2 Å². The van der Waals surface area contributed by atoms with Crippen molar-refractivity contribution in [3.05, 3.63) is 83.6 Å². The third-order valence-corrected chi connectivity index (χ3v) is 5.29. The number of nitrogens with one attached hydrogen (secondary N) is 1. The summed E-state index contributed by atoms with van der Waals surface area (Å²) < 4.78 is 5.26. The molecule has 0 bridgehead atoms. The molecule has 1 aromatic heterocycles. The van der Waals surface area contributed by atoms with Crippen molar-refractivity contribution in [1.29, 1.82) is 0 Å². The van der Waals surface area contributed by atoms with Gasteiger partial charge in [-0.25, -0.2) is 4.98 Å². The van der Waals surface area contributed by atoms with Gasteiger partial charge >= 0.3 is 0 Å². The van der Waals surface area contributed by atoms with E-state index in [2.05, 4.69) is 29.4 Å². The molecule has 0 saturated carbocycles. The van der Waals surface area contributed by atoms with Crippen molar-refractivity contribution < 1.29 is 9.53 Å². The van der Waals surface area contributed by atoms with Crippen LogP contribution in [0.25, 0.3) is 0 Å². The van der Waals surface area contributed by atoms with Gasteiger partial charge in [-0.15, -0.1) is 0 Å². The van der Waals surface area contributed by atoms with E-state index in [-0.39, 0.29) is 11.9 Å². The zero-order chi connectivity index (χ0) is 20.2. The molecule has 2 aromatic carbocycles. The summed E-state index contributed by atoms with van der Waals surface area (Å²) in [7, 11) is 1.67. The first-order valence-corrected chi connectivity index (χ1v) is 9.90. The summed E-state index contributed by atoms with van der Waals surface area (Å²) in [6.45, 7) is 2.84. The molecule has 2 heterocycles. The van der Waals surface area contributed by atoms with Crippen LogP contribution < -0.4 is 15.0 Å². The minimum Gasteiger partial charge on any atom is -0.497 e. The SMILES string of the molecule is COc1cccc(CCNc2ccc(C(=O)N3c4ccccc4CC3C)cn2)c1. The van der Waals surface area contributed by atoms with Gasteiger partial charge in [0.25, 0.3) is 5.91 Å². The number of carbonyl (C=O) groups excluding carboxylic acids is 1. The molecule has 5 heteroatoms. The summed E-state index contributed by atoms with van der Waals surface area (Å²) in [6, 6.07) is 20.0. The summed E-state index contributed by atoms with van der Waals surface area (Å²) in [5.74, 6) is 1.62. The number of nitrogens with zero attached hydrogens (tertiary/aromatic N) is 2. The second-order valence-electron chi connectivity index (χ2n) is 7.32. The van der Waals surface area contributed by atoms with Crippen LogP contribution in [0.1, 0.15) is 28.4 Å². The maximum atomic E-state index is 13.0. The largest absolute Gasteiger partial charge is 0.497 e. The lowest BCUT2D eigenvalue weighted by Crippen LogP contribution is -2.35. The average Bonchev–Trinajstić information content (AvgIpc) is 3.09. The van der Waals surface area contributed by atoms with Gasteiger partial charge in [0.05, 0.1) is 12.7 Å². The fourth-order valence-corrected chi connectivity index (χ4v) is 3.80. The molecule has 4 rings (SSSR count). The molecular weight excluding hydrogens is 362 g/mol. The molecule has 1 aliphatic rings. The van der Waals surface area contributed by atoms with E-state index in [9.17, 15) is 4.79 Å². The summed E-state index contributed by atoms with van der Waals surface area (Å²) in [6.07, 6.45) is 3.41. The first-order valence-electron chi connectivity index (χ1n) is 9.90.